The number of hydrogen-bond donors (Lipinski definition) is 2. The highest BCUT2D eigenvalue weighted by molar-refractivity contribution is 7.89. The maximum Gasteiger partial charge on any atom is 0.255 e. The summed E-state index contributed by atoms with van der Waals surface area (Å²) < 4.78 is 29.1. The first-order chi connectivity index (χ1) is 16.2. The quantitative estimate of drug-likeness (QED) is 0.589. The minimum atomic E-state index is -3.64. The lowest BCUT2D eigenvalue weighted by atomic mass is 9.90. The van der Waals surface area contributed by atoms with Crippen molar-refractivity contribution in [2.24, 2.45) is 5.92 Å². The van der Waals surface area contributed by atoms with Crippen molar-refractivity contribution in [1.29, 1.82) is 0 Å². The third kappa shape index (κ3) is 5.70. The van der Waals surface area contributed by atoms with Crippen LogP contribution in [-0.2, 0) is 10.0 Å². The topological polar surface area (TPSA) is 78.5 Å². The number of nitrogens with one attached hydrogen (secondary N) is 2. The Morgan fingerprint density at radius 3 is 2.29 bits per heavy atom. The van der Waals surface area contributed by atoms with Crippen LogP contribution >= 0.6 is 0 Å². The summed E-state index contributed by atoms with van der Waals surface area (Å²) in [5, 5.41) is 2.91. The van der Waals surface area contributed by atoms with E-state index in [1.807, 2.05) is 39.0 Å². The van der Waals surface area contributed by atoms with Crippen molar-refractivity contribution in [3.63, 3.8) is 0 Å². The predicted octanol–water partition coefficient (Wildman–Crippen LogP) is 4.88. The van der Waals surface area contributed by atoms with Gasteiger partial charge in [0.1, 0.15) is 0 Å². The molecule has 1 aliphatic heterocycles. The molecule has 2 N–H and O–H groups in total. The summed E-state index contributed by atoms with van der Waals surface area (Å²) in [6.45, 7) is 7.82. The standard InChI is InChI=1S/C27H37N3O3S/c1-19-8-4-7-11-25(19)27(31)28-26-13-12-24(18-20(26)2)34(32,33)29-21(3)22-14-16-30(17-15-22)23-9-5-6-10-23/h4,7-8,11-13,18,21-23,29H,5-6,9-10,14-17H2,1-3H3,(H,28,31)/t21-/m1/s1. The Kier molecular flexibility index (Phi) is 7.75. The van der Waals surface area contributed by atoms with Crippen LogP contribution in [0.2, 0.25) is 0 Å². The lowest BCUT2D eigenvalue weighted by Gasteiger charge is -2.38. The first-order valence-electron chi connectivity index (χ1n) is 12.5. The van der Waals surface area contributed by atoms with E-state index in [1.165, 1.54) is 25.7 Å². The Balaban J connectivity index is 1.37. The summed E-state index contributed by atoms with van der Waals surface area (Å²) in [7, 11) is -3.64. The molecule has 0 spiro atoms. The zero-order chi connectivity index (χ0) is 24.3. The Labute approximate surface area is 204 Å². The molecule has 1 saturated carbocycles. The van der Waals surface area contributed by atoms with Gasteiger partial charge < -0.3 is 10.2 Å². The Hall–Kier alpha value is -2.22. The van der Waals surface area contributed by atoms with E-state index in [2.05, 4.69) is 14.9 Å². The molecule has 6 nitrogen and oxygen atoms in total. The van der Waals surface area contributed by atoms with E-state index < -0.39 is 10.0 Å². The van der Waals surface area contributed by atoms with E-state index in [0.717, 1.165) is 37.5 Å². The molecule has 34 heavy (non-hydrogen) atoms. The van der Waals surface area contributed by atoms with Crippen LogP contribution in [0, 0.1) is 19.8 Å². The molecule has 184 valence electrons. The highest BCUT2D eigenvalue weighted by Gasteiger charge is 2.31. The van der Waals surface area contributed by atoms with Gasteiger partial charge in [0.05, 0.1) is 4.90 Å². The first kappa shape index (κ1) is 24.9. The first-order valence-corrected chi connectivity index (χ1v) is 14.0. The van der Waals surface area contributed by atoms with Crippen LogP contribution in [0.5, 0.6) is 0 Å². The molecule has 2 fully saturated rings. The number of amides is 1. The second kappa shape index (κ2) is 10.6. The fourth-order valence-corrected chi connectivity index (χ4v) is 6.82. The number of carbonyl (C=O) groups excluding carboxylic acids is 1. The number of hydrogen-bond acceptors (Lipinski definition) is 4. The van der Waals surface area contributed by atoms with Gasteiger partial charge in [-0.05, 0) is 101 Å². The number of anilines is 1. The van der Waals surface area contributed by atoms with Gasteiger partial charge in [0.15, 0.2) is 0 Å². The van der Waals surface area contributed by atoms with E-state index in [4.69, 9.17) is 0 Å². The summed E-state index contributed by atoms with van der Waals surface area (Å²) in [6.07, 6.45) is 7.37. The van der Waals surface area contributed by atoms with E-state index in [0.29, 0.717) is 22.7 Å². The summed E-state index contributed by atoms with van der Waals surface area (Å²) in [5.41, 5.74) is 2.82. The number of piperidine rings is 1. The monoisotopic (exact) mass is 483 g/mol. The largest absolute Gasteiger partial charge is 0.322 e. The summed E-state index contributed by atoms with van der Waals surface area (Å²) in [5.74, 6) is 0.147. The number of nitrogens with zero attached hydrogens (tertiary/aromatic N) is 1. The van der Waals surface area contributed by atoms with Gasteiger partial charge in [0.2, 0.25) is 10.0 Å². The molecule has 0 aromatic heterocycles. The molecule has 0 unspecified atom stereocenters. The van der Waals surface area contributed by atoms with Gasteiger partial charge in [0, 0.05) is 23.3 Å². The summed E-state index contributed by atoms with van der Waals surface area (Å²) in [4.78, 5) is 15.5. The average molecular weight is 484 g/mol. The van der Waals surface area contributed by atoms with E-state index in [-0.39, 0.29) is 16.8 Å². The number of likely N-dealkylation sites (tertiary alicyclic amines) is 1. The van der Waals surface area contributed by atoms with E-state index in [9.17, 15) is 13.2 Å². The Morgan fingerprint density at radius 1 is 0.971 bits per heavy atom. The Morgan fingerprint density at radius 2 is 1.65 bits per heavy atom. The average Bonchev–Trinajstić information content (AvgIpc) is 3.35. The van der Waals surface area contributed by atoms with Gasteiger partial charge >= 0.3 is 0 Å². The van der Waals surface area contributed by atoms with Crippen LogP contribution in [0.25, 0.3) is 0 Å². The van der Waals surface area contributed by atoms with Crippen molar-refractivity contribution >= 4 is 21.6 Å². The van der Waals surface area contributed by atoms with Crippen LogP contribution in [0.1, 0.15) is 66.9 Å². The van der Waals surface area contributed by atoms with Crippen LogP contribution in [0.15, 0.2) is 47.4 Å². The van der Waals surface area contributed by atoms with Gasteiger partial charge in [-0.25, -0.2) is 13.1 Å². The normalized spacial score (nSPS) is 19.3. The second-order valence-corrected chi connectivity index (χ2v) is 11.7. The van der Waals surface area contributed by atoms with Crippen molar-refractivity contribution < 1.29 is 13.2 Å². The van der Waals surface area contributed by atoms with Gasteiger partial charge in [-0.3, -0.25) is 4.79 Å². The van der Waals surface area contributed by atoms with Gasteiger partial charge in [-0.1, -0.05) is 31.0 Å². The zero-order valence-corrected chi connectivity index (χ0v) is 21.3. The number of rotatable bonds is 7. The maximum absolute atomic E-state index is 13.1. The summed E-state index contributed by atoms with van der Waals surface area (Å²) in [6, 6.07) is 12.9. The molecular weight excluding hydrogens is 446 g/mol. The molecule has 7 heteroatoms. The zero-order valence-electron chi connectivity index (χ0n) is 20.5. The molecule has 4 rings (SSSR count). The molecule has 1 atom stereocenters. The molecule has 1 aliphatic carbocycles. The Bertz CT molecular complexity index is 1120. The second-order valence-electron chi connectivity index (χ2n) is 9.97. The van der Waals surface area contributed by atoms with Crippen LogP contribution in [-0.4, -0.2) is 44.4 Å². The van der Waals surface area contributed by atoms with Crippen LogP contribution in [0.4, 0.5) is 5.69 Å². The molecule has 1 amide bonds. The van der Waals surface area contributed by atoms with Crippen molar-refractivity contribution in [1.82, 2.24) is 9.62 Å². The van der Waals surface area contributed by atoms with Gasteiger partial charge in [0.25, 0.3) is 5.91 Å². The third-order valence-corrected chi connectivity index (χ3v) is 9.17. The van der Waals surface area contributed by atoms with Gasteiger partial charge in [-0.2, -0.15) is 0 Å². The molecular formula is C27H37N3O3S. The number of carbonyl (C=O) groups is 1. The number of sulfonamides is 1. The minimum Gasteiger partial charge on any atom is -0.322 e. The van der Waals surface area contributed by atoms with Gasteiger partial charge in [-0.15, -0.1) is 0 Å². The maximum atomic E-state index is 13.1. The number of aryl methyl sites for hydroxylation is 2. The molecule has 2 aromatic carbocycles. The predicted molar refractivity (Wildman–Crippen MR) is 137 cm³/mol. The summed E-state index contributed by atoms with van der Waals surface area (Å²) >= 11 is 0. The van der Waals surface area contributed by atoms with Crippen molar-refractivity contribution in [2.45, 2.75) is 76.3 Å². The highest BCUT2D eigenvalue weighted by atomic mass is 32.2. The lowest BCUT2D eigenvalue weighted by molar-refractivity contribution is 0.102. The SMILES string of the molecule is Cc1cc(S(=O)(=O)N[C@H](C)C2CCN(C3CCCC3)CC2)ccc1NC(=O)c1ccccc1C. The fourth-order valence-electron chi connectivity index (χ4n) is 5.42. The lowest BCUT2D eigenvalue weighted by Crippen LogP contribution is -2.46. The highest BCUT2D eigenvalue weighted by Crippen LogP contribution is 2.29. The van der Waals surface area contributed by atoms with Crippen molar-refractivity contribution in [3.8, 4) is 0 Å². The van der Waals surface area contributed by atoms with Crippen molar-refractivity contribution in [2.75, 3.05) is 18.4 Å². The molecule has 0 bridgehead atoms. The van der Waals surface area contributed by atoms with E-state index in [1.54, 1.807) is 24.3 Å². The smallest absolute Gasteiger partial charge is 0.255 e. The minimum absolute atomic E-state index is 0.114. The van der Waals surface area contributed by atoms with Crippen LogP contribution < -0.4 is 10.0 Å². The molecule has 2 aliphatic rings. The molecule has 2 aromatic rings. The third-order valence-electron chi connectivity index (χ3n) is 7.61. The van der Waals surface area contributed by atoms with E-state index >= 15 is 0 Å². The van der Waals surface area contributed by atoms with Crippen LogP contribution in [0.3, 0.4) is 0 Å². The molecule has 1 heterocycles. The van der Waals surface area contributed by atoms with Crippen molar-refractivity contribution in [3.05, 3.63) is 59.2 Å². The number of benzene rings is 2. The molecule has 1 saturated heterocycles. The fraction of sp³-hybridized carbons (Fsp3) is 0.519. The molecule has 0 radical (unpaired) electrons.